The van der Waals surface area contributed by atoms with Gasteiger partial charge in [-0.2, -0.15) is 0 Å². The maximum absolute atomic E-state index is 8.96. The fourth-order valence-electron chi connectivity index (χ4n) is 0.635. The molecule has 9 heavy (non-hydrogen) atoms. The molecular formula is C4H8N2O2S. The highest BCUT2D eigenvalue weighted by Crippen LogP contribution is 2.05. The highest BCUT2D eigenvalue weighted by molar-refractivity contribution is 7.80. The Morgan fingerprint density at radius 1 is 1.67 bits per heavy atom. The zero-order valence-electron chi connectivity index (χ0n) is 4.90. The van der Waals surface area contributed by atoms with Gasteiger partial charge in [-0.05, 0) is 12.2 Å². The lowest BCUT2D eigenvalue weighted by molar-refractivity contribution is -0.0235. The Kier molecular flexibility index (Phi) is 1.56. The van der Waals surface area contributed by atoms with Gasteiger partial charge in [0.15, 0.2) is 17.6 Å². The van der Waals surface area contributed by atoms with E-state index in [2.05, 4.69) is 5.32 Å². The molecule has 5 heteroatoms. The van der Waals surface area contributed by atoms with Crippen molar-refractivity contribution in [3.05, 3.63) is 0 Å². The Hall–Kier alpha value is -0.390. The molecular weight excluding hydrogens is 140 g/mol. The summed E-state index contributed by atoms with van der Waals surface area (Å²) in [6, 6.07) is 0. The number of nitrogens with one attached hydrogen (secondary N) is 1. The van der Waals surface area contributed by atoms with Gasteiger partial charge in [-0.3, -0.25) is 0 Å². The van der Waals surface area contributed by atoms with Gasteiger partial charge in [0.2, 0.25) is 0 Å². The summed E-state index contributed by atoms with van der Waals surface area (Å²) >= 11 is 4.69. The standard InChI is InChI=1S/C4H8N2O2S/c1-6-3(8)2(7)5-4(6)9/h2-3,7-8H,1H3,(H,5,9)/t2-,3+/m1/s1. The van der Waals surface area contributed by atoms with Crippen molar-refractivity contribution in [2.24, 2.45) is 0 Å². The molecule has 1 aliphatic rings. The first-order valence-corrected chi connectivity index (χ1v) is 2.93. The van der Waals surface area contributed by atoms with Crippen molar-refractivity contribution in [1.29, 1.82) is 0 Å². The van der Waals surface area contributed by atoms with E-state index < -0.39 is 12.5 Å². The van der Waals surface area contributed by atoms with Crippen molar-refractivity contribution in [1.82, 2.24) is 10.2 Å². The third-order valence-corrected chi connectivity index (χ3v) is 1.68. The Morgan fingerprint density at radius 3 is 2.33 bits per heavy atom. The normalized spacial score (nSPS) is 35.0. The van der Waals surface area contributed by atoms with Crippen molar-refractivity contribution >= 4 is 17.3 Å². The van der Waals surface area contributed by atoms with E-state index in [1.54, 1.807) is 7.05 Å². The number of hydrogen-bond acceptors (Lipinski definition) is 3. The van der Waals surface area contributed by atoms with E-state index in [1.807, 2.05) is 0 Å². The molecule has 0 unspecified atom stereocenters. The lowest BCUT2D eigenvalue weighted by Gasteiger charge is -2.13. The average Bonchev–Trinajstić information content (AvgIpc) is 1.98. The largest absolute Gasteiger partial charge is 0.369 e. The fraction of sp³-hybridized carbons (Fsp3) is 0.750. The SMILES string of the molecule is CN1C(=S)N[C@H](O)[C@@H]1O. The van der Waals surface area contributed by atoms with Gasteiger partial charge in [0.1, 0.15) is 0 Å². The number of nitrogens with zero attached hydrogens (tertiary/aromatic N) is 1. The lowest BCUT2D eigenvalue weighted by Crippen LogP contribution is -2.33. The molecule has 0 aromatic rings. The summed E-state index contributed by atoms with van der Waals surface area (Å²) < 4.78 is 0. The van der Waals surface area contributed by atoms with E-state index in [0.717, 1.165) is 0 Å². The number of thiocarbonyl (C=S) groups is 1. The summed E-state index contributed by atoms with van der Waals surface area (Å²) in [5.74, 6) is 0. The molecule has 0 aliphatic carbocycles. The summed E-state index contributed by atoms with van der Waals surface area (Å²) in [4.78, 5) is 1.39. The Morgan fingerprint density at radius 2 is 2.22 bits per heavy atom. The molecule has 0 aromatic carbocycles. The quantitative estimate of drug-likeness (QED) is 0.363. The lowest BCUT2D eigenvalue weighted by atomic mass is 10.5. The molecule has 0 saturated carbocycles. The van der Waals surface area contributed by atoms with Gasteiger partial charge in [-0.25, -0.2) is 0 Å². The summed E-state index contributed by atoms with van der Waals surface area (Å²) in [6.07, 6.45) is -1.85. The van der Waals surface area contributed by atoms with Crippen LogP contribution in [0.2, 0.25) is 0 Å². The molecule has 1 fully saturated rings. The van der Waals surface area contributed by atoms with Crippen LogP contribution in [-0.4, -0.2) is 39.7 Å². The molecule has 1 heterocycles. The molecule has 0 radical (unpaired) electrons. The van der Waals surface area contributed by atoms with Crippen LogP contribution in [-0.2, 0) is 0 Å². The van der Waals surface area contributed by atoms with Crippen molar-refractivity contribution in [2.75, 3.05) is 7.05 Å². The van der Waals surface area contributed by atoms with Crippen LogP contribution in [0.3, 0.4) is 0 Å². The summed E-state index contributed by atoms with van der Waals surface area (Å²) in [6.45, 7) is 0. The summed E-state index contributed by atoms with van der Waals surface area (Å²) in [7, 11) is 1.61. The predicted molar refractivity (Wildman–Crippen MR) is 35.5 cm³/mol. The molecule has 1 rings (SSSR count). The maximum Gasteiger partial charge on any atom is 0.173 e. The van der Waals surface area contributed by atoms with E-state index in [-0.39, 0.29) is 0 Å². The van der Waals surface area contributed by atoms with E-state index in [4.69, 9.17) is 22.4 Å². The molecule has 3 N–H and O–H groups in total. The number of aliphatic hydroxyl groups excluding tert-OH is 2. The van der Waals surface area contributed by atoms with Gasteiger partial charge < -0.3 is 20.4 Å². The highest BCUT2D eigenvalue weighted by Gasteiger charge is 2.30. The molecule has 0 amide bonds. The minimum Gasteiger partial charge on any atom is -0.369 e. The molecule has 0 spiro atoms. The third kappa shape index (κ3) is 0.983. The first-order valence-electron chi connectivity index (χ1n) is 2.52. The first kappa shape index (κ1) is 6.73. The summed E-state index contributed by atoms with van der Waals surface area (Å²) in [5.41, 5.74) is 0. The maximum atomic E-state index is 8.96. The number of hydrogen-bond donors (Lipinski definition) is 3. The predicted octanol–water partition coefficient (Wildman–Crippen LogP) is -1.56. The first-order chi connectivity index (χ1) is 4.13. The van der Waals surface area contributed by atoms with Crippen LogP contribution in [0.25, 0.3) is 0 Å². The van der Waals surface area contributed by atoms with Gasteiger partial charge in [0.05, 0.1) is 0 Å². The molecule has 0 aromatic heterocycles. The molecule has 1 aliphatic heterocycles. The van der Waals surface area contributed by atoms with E-state index in [0.29, 0.717) is 5.11 Å². The van der Waals surface area contributed by atoms with Gasteiger partial charge in [-0.1, -0.05) is 0 Å². The highest BCUT2D eigenvalue weighted by atomic mass is 32.1. The van der Waals surface area contributed by atoms with Crippen LogP contribution in [0, 0.1) is 0 Å². The Balaban J connectivity index is 2.65. The van der Waals surface area contributed by atoms with Crippen LogP contribution in [0.5, 0.6) is 0 Å². The van der Waals surface area contributed by atoms with Crippen molar-refractivity contribution in [3.8, 4) is 0 Å². The number of rotatable bonds is 0. The minimum absolute atomic E-state index is 0.370. The third-order valence-electron chi connectivity index (χ3n) is 1.27. The summed E-state index contributed by atoms with van der Waals surface area (Å²) in [5, 5.41) is 20.7. The van der Waals surface area contributed by atoms with Crippen molar-refractivity contribution in [3.63, 3.8) is 0 Å². The van der Waals surface area contributed by atoms with Crippen molar-refractivity contribution < 1.29 is 10.2 Å². The number of aliphatic hydroxyl groups is 2. The average molecular weight is 148 g/mol. The van der Waals surface area contributed by atoms with E-state index in [1.165, 1.54) is 4.90 Å². The number of likely N-dealkylation sites (N-methyl/N-ethyl adjacent to an activating group) is 1. The van der Waals surface area contributed by atoms with Crippen LogP contribution < -0.4 is 5.32 Å². The molecule has 4 nitrogen and oxygen atoms in total. The smallest absolute Gasteiger partial charge is 0.173 e. The second-order valence-corrected chi connectivity index (χ2v) is 2.31. The van der Waals surface area contributed by atoms with Gasteiger partial charge in [0.25, 0.3) is 0 Å². The second kappa shape index (κ2) is 2.09. The van der Waals surface area contributed by atoms with Gasteiger partial charge in [-0.15, -0.1) is 0 Å². The van der Waals surface area contributed by atoms with Gasteiger partial charge in [0, 0.05) is 7.05 Å². The molecule has 52 valence electrons. The van der Waals surface area contributed by atoms with Crippen molar-refractivity contribution in [2.45, 2.75) is 12.5 Å². The minimum atomic E-state index is -0.942. The Bertz CT molecular complexity index is 141. The monoisotopic (exact) mass is 148 g/mol. The van der Waals surface area contributed by atoms with Gasteiger partial charge >= 0.3 is 0 Å². The van der Waals surface area contributed by atoms with Crippen LogP contribution in [0.1, 0.15) is 0 Å². The Labute approximate surface area is 58.1 Å². The fourth-order valence-corrected chi connectivity index (χ4v) is 0.864. The second-order valence-electron chi connectivity index (χ2n) is 1.92. The molecule has 1 saturated heterocycles. The molecule has 2 atom stereocenters. The zero-order valence-corrected chi connectivity index (χ0v) is 5.72. The zero-order chi connectivity index (χ0) is 7.02. The van der Waals surface area contributed by atoms with E-state index >= 15 is 0 Å². The van der Waals surface area contributed by atoms with Crippen LogP contribution in [0.15, 0.2) is 0 Å². The topological polar surface area (TPSA) is 55.7 Å². The van der Waals surface area contributed by atoms with Crippen LogP contribution in [0.4, 0.5) is 0 Å². The molecule has 0 bridgehead atoms. The van der Waals surface area contributed by atoms with Crippen LogP contribution >= 0.6 is 12.2 Å². The van der Waals surface area contributed by atoms with E-state index in [9.17, 15) is 0 Å².